The minimum atomic E-state index is -1.50. The number of phenolic OH excluding ortho intramolecular Hbond substituents is 1. The van der Waals surface area contributed by atoms with Crippen molar-refractivity contribution in [3.8, 4) is 11.5 Å². The van der Waals surface area contributed by atoms with E-state index in [1.54, 1.807) is 49.5 Å². The third kappa shape index (κ3) is 16.8. The van der Waals surface area contributed by atoms with Crippen LogP contribution >= 0.6 is 0 Å². The molecule has 1 aliphatic rings. The second-order valence-electron chi connectivity index (χ2n) is 18.2. The number of likely N-dealkylation sites (N-methyl/N-ethyl adjacent to an activating group) is 1. The van der Waals surface area contributed by atoms with Crippen molar-refractivity contribution in [2.24, 2.45) is 22.4 Å². The maximum Gasteiger partial charge on any atom is 0.245 e. The Hall–Kier alpha value is -7.94. The molecule has 73 heavy (non-hydrogen) atoms. The zero-order valence-corrected chi connectivity index (χ0v) is 41.7. The quantitative estimate of drug-likeness (QED) is 0.0182. The Labute approximate surface area is 424 Å². The topological polar surface area (TPSA) is 325 Å². The van der Waals surface area contributed by atoms with Crippen LogP contribution in [-0.2, 0) is 46.4 Å². The number of H-pyrrole nitrogens is 1. The van der Waals surface area contributed by atoms with Crippen LogP contribution in [0.4, 0.5) is 0 Å². The average Bonchev–Trinajstić information content (AvgIpc) is 4.03. The number of methoxy groups -OCH3 is 1. The van der Waals surface area contributed by atoms with Gasteiger partial charge in [-0.2, -0.15) is 0 Å². The molecule has 4 aromatic rings. The Morgan fingerprint density at radius 2 is 1.45 bits per heavy atom. The van der Waals surface area contributed by atoms with Crippen molar-refractivity contribution in [1.29, 1.82) is 0 Å². The van der Waals surface area contributed by atoms with Gasteiger partial charge in [0.2, 0.25) is 41.4 Å². The molecule has 0 radical (unpaired) electrons. The van der Waals surface area contributed by atoms with Crippen LogP contribution in [0.5, 0.6) is 11.5 Å². The molecular weight excluding hydrogens is 939 g/mol. The molecule has 392 valence electrons. The summed E-state index contributed by atoms with van der Waals surface area (Å²) < 4.78 is 5.17. The van der Waals surface area contributed by atoms with Gasteiger partial charge in [0.15, 0.2) is 5.96 Å². The number of carbonyl (C=O) groups is 7. The number of amides is 7. The molecule has 1 aromatic heterocycles. The molecule has 0 aliphatic carbocycles. The lowest BCUT2D eigenvalue weighted by molar-refractivity contribution is -0.142. The zero-order chi connectivity index (χ0) is 53.0. The number of hydrogen-bond acceptors (Lipinski definition) is 11. The fourth-order valence-corrected chi connectivity index (χ4v) is 8.46. The number of nitrogens with zero attached hydrogens (tertiary/aromatic N) is 2. The molecule has 7 amide bonds. The maximum absolute atomic E-state index is 14.8. The molecule has 5 rings (SSSR count). The molecule has 3 aromatic carbocycles. The van der Waals surface area contributed by atoms with E-state index in [2.05, 4.69) is 41.9 Å². The first-order valence-electron chi connectivity index (χ1n) is 24.4. The first-order chi connectivity index (χ1) is 35.0. The average molecular weight is 1010 g/mol. The maximum atomic E-state index is 14.8. The van der Waals surface area contributed by atoms with Gasteiger partial charge < -0.3 is 68.2 Å². The largest absolute Gasteiger partial charge is 0.508 e. The molecule has 21 heteroatoms. The summed E-state index contributed by atoms with van der Waals surface area (Å²) in [5.74, 6) is -4.38. The van der Waals surface area contributed by atoms with Crippen LogP contribution in [0.1, 0.15) is 69.6 Å². The summed E-state index contributed by atoms with van der Waals surface area (Å²) in [6, 6.07) is 12.7. The Kier molecular flexibility index (Phi) is 21.2. The molecule has 1 saturated heterocycles. The lowest BCUT2D eigenvalue weighted by atomic mass is 9.99. The molecule has 6 atom stereocenters. The number of ether oxygens (including phenoxy) is 1. The van der Waals surface area contributed by atoms with Crippen molar-refractivity contribution >= 4 is 64.3 Å². The SMILES string of the molecule is CCNC(=O)[C@@H]1CCCN1C(=O)[C@H](CCCN=C(N)N)NC(=O)[C@H](CC(C)C)NC(=O)[C@@H](Cc1c[nH]c2ccccc12)NC(=O)[C@H](Cc1ccc(O)cc1)NC(=O)[C@H](CO)NC(=O)/C=C/c1ccc(OC)cc1. The fourth-order valence-electron chi connectivity index (χ4n) is 8.46. The van der Waals surface area contributed by atoms with Crippen molar-refractivity contribution in [2.45, 2.75) is 102 Å². The number of fused-ring (bicyclic) bond motifs is 1. The number of nitrogens with two attached hydrogens (primary N) is 2. The van der Waals surface area contributed by atoms with Gasteiger partial charge in [0, 0.05) is 55.7 Å². The minimum absolute atomic E-state index is 0.0452. The number of nitrogens with one attached hydrogen (secondary N) is 7. The van der Waals surface area contributed by atoms with E-state index in [4.69, 9.17) is 16.2 Å². The highest BCUT2D eigenvalue weighted by molar-refractivity contribution is 5.99. The number of aliphatic hydroxyl groups excluding tert-OH is 1. The van der Waals surface area contributed by atoms with E-state index in [0.29, 0.717) is 54.8 Å². The van der Waals surface area contributed by atoms with Gasteiger partial charge >= 0.3 is 0 Å². The standard InChI is InChI=1S/C52H69N11O10/c1-5-55-50(71)44-13-9-25-63(44)51(72)39(12-8-24-56-52(53)54)59-46(67)40(26-31(2)3)60-48(69)42(28-34-29-57-38-11-7-6-10-37(34)38)62-47(68)41(27-33-14-19-35(65)20-15-33)61-49(70)43(30-64)58-45(66)23-18-32-16-21-36(73-4)22-17-32/h6-7,10-11,14-23,29,31,39-44,57,64-65H,5,8-9,12-13,24-28,30H2,1-4H3,(H,55,71)(H,58,66)(H,59,67)(H,60,69)(H,61,70)(H,62,68)(H4,53,54,56)/b23-18+/t39-,40-,41-,42+,43-,44-/m0/s1. The lowest BCUT2D eigenvalue weighted by Gasteiger charge is -2.30. The Bertz CT molecular complexity index is 2580. The van der Waals surface area contributed by atoms with Crippen molar-refractivity contribution in [2.75, 3.05) is 33.4 Å². The summed E-state index contributed by atoms with van der Waals surface area (Å²) in [7, 11) is 1.53. The normalized spacial score (nSPS) is 15.4. The van der Waals surface area contributed by atoms with E-state index >= 15 is 0 Å². The summed E-state index contributed by atoms with van der Waals surface area (Å²) >= 11 is 0. The number of guanidine groups is 1. The highest BCUT2D eigenvalue weighted by Crippen LogP contribution is 2.22. The molecule has 21 nitrogen and oxygen atoms in total. The van der Waals surface area contributed by atoms with Crippen LogP contribution in [0.3, 0.4) is 0 Å². The monoisotopic (exact) mass is 1010 g/mol. The lowest BCUT2D eigenvalue weighted by Crippen LogP contribution is -2.60. The summed E-state index contributed by atoms with van der Waals surface area (Å²) in [5, 5.41) is 37.4. The molecule has 1 fully saturated rings. The number of para-hydroxylation sites is 1. The second kappa shape index (κ2) is 27.6. The molecule has 0 spiro atoms. The number of phenols is 1. The molecular formula is C52H69N11O10. The third-order valence-electron chi connectivity index (χ3n) is 12.2. The fraction of sp³-hybridized carbons (Fsp3) is 0.423. The summed E-state index contributed by atoms with van der Waals surface area (Å²) in [6.45, 7) is 5.49. The van der Waals surface area contributed by atoms with Gasteiger partial charge in [-0.05, 0) is 98.0 Å². The molecule has 0 bridgehead atoms. The van der Waals surface area contributed by atoms with Crippen LogP contribution in [0.25, 0.3) is 17.0 Å². The summed E-state index contributed by atoms with van der Waals surface area (Å²) in [6.07, 6.45) is 5.70. The van der Waals surface area contributed by atoms with Crippen molar-refractivity contribution in [1.82, 2.24) is 41.8 Å². The molecule has 2 heterocycles. The molecule has 0 saturated carbocycles. The Morgan fingerprint density at radius 1 is 0.822 bits per heavy atom. The van der Waals surface area contributed by atoms with Gasteiger partial charge in [-0.25, -0.2) is 0 Å². The highest BCUT2D eigenvalue weighted by atomic mass is 16.5. The Morgan fingerprint density at radius 3 is 2.10 bits per heavy atom. The number of rotatable bonds is 26. The van der Waals surface area contributed by atoms with Gasteiger partial charge in [0.05, 0.1) is 13.7 Å². The van der Waals surface area contributed by atoms with Gasteiger partial charge in [-0.1, -0.05) is 56.3 Å². The smallest absolute Gasteiger partial charge is 0.245 e. The van der Waals surface area contributed by atoms with Gasteiger partial charge in [-0.3, -0.25) is 38.6 Å². The van der Waals surface area contributed by atoms with Crippen molar-refractivity contribution in [3.63, 3.8) is 0 Å². The number of aromatic hydroxyl groups is 1. The van der Waals surface area contributed by atoms with Gasteiger partial charge in [0.1, 0.15) is 47.8 Å². The van der Waals surface area contributed by atoms with E-state index in [0.717, 1.165) is 10.9 Å². The van der Waals surface area contributed by atoms with Crippen LogP contribution in [0, 0.1) is 5.92 Å². The first-order valence-corrected chi connectivity index (χ1v) is 24.4. The number of aromatic amines is 1. The number of carbonyl (C=O) groups excluding carboxylic acids is 7. The van der Waals surface area contributed by atoms with Gasteiger partial charge in [0.25, 0.3) is 0 Å². The summed E-state index contributed by atoms with van der Waals surface area (Å²) in [4.78, 5) is 107. The van der Waals surface area contributed by atoms with E-state index in [9.17, 15) is 43.8 Å². The van der Waals surface area contributed by atoms with Crippen LogP contribution in [0.2, 0.25) is 0 Å². The van der Waals surface area contributed by atoms with Gasteiger partial charge in [-0.15, -0.1) is 0 Å². The van der Waals surface area contributed by atoms with Crippen LogP contribution in [-0.4, -0.2) is 137 Å². The third-order valence-corrected chi connectivity index (χ3v) is 12.2. The second-order valence-corrected chi connectivity index (χ2v) is 18.2. The van der Waals surface area contributed by atoms with E-state index in [1.165, 1.54) is 36.3 Å². The minimum Gasteiger partial charge on any atom is -0.508 e. The number of aliphatic hydroxyl groups is 1. The van der Waals surface area contributed by atoms with E-state index < -0.39 is 78.3 Å². The van der Waals surface area contributed by atoms with Crippen molar-refractivity contribution < 1.29 is 48.5 Å². The van der Waals surface area contributed by atoms with Crippen LogP contribution in [0.15, 0.2) is 90.1 Å². The first kappa shape index (κ1) is 56.0. The number of benzene rings is 3. The molecule has 1 aliphatic heterocycles. The zero-order valence-electron chi connectivity index (χ0n) is 41.7. The molecule has 13 N–H and O–H groups in total. The number of aliphatic imine (C=N–C) groups is 1. The van der Waals surface area contributed by atoms with E-state index in [-0.39, 0.29) is 55.8 Å². The Balaban J connectivity index is 1.41. The summed E-state index contributed by atoms with van der Waals surface area (Å²) in [5.41, 5.74) is 13.7. The predicted octanol–water partition coefficient (Wildman–Crippen LogP) is 1.02. The van der Waals surface area contributed by atoms with Crippen LogP contribution < -0.4 is 48.1 Å². The predicted molar refractivity (Wildman–Crippen MR) is 275 cm³/mol. The number of likely N-dealkylation sites (tertiary alicyclic amines) is 1. The number of hydrogen-bond donors (Lipinski definition) is 11. The molecule has 0 unspecified atom stereocenters. The highest BCUT2D eigenvalue weighted by Gasteiger charge is 2.39. The van der Waals surface area contributed by atoms with Crippen molar-refractivity contribution in [3.05, 3.63) is 102 Å². The van der Waals surface area contributed by atoms with E-state index in [1.807, 2.05) is 38.1 Å². The number of aromatic nitrogens is 1.